The Balaban J connectivity index is 1.76. The van der Waals surface area contributed by atoms with E-state index in [-0.39, 0.29) is 0 Å². The van der Waals surface area contributed by atoms with E-state index in [4.69, 9.17) is 0 Å². The molecule has 90 valence electrons. The number of hydrogen-bond acceptors (Lipinski definition) is 3. The summed E-state index contributed by atoms with van der Waals surface area (Å²) in [6.07, 6.45) is 6.57. The Hall–Kier alpha value is -0.870. The minimum absolute atomic E-state index is 0.691. The van der Waals surface area contributed by atoms with E-state index >= 15 is 0 Å². The summed E-state index contributed by atoms with van der Waals surface area (Å²) in [7, 11) is 1.97. The van der Waals surface area contributed by atoms with E-state index in [2.05, 4.69) is 28.4 Å². The van der Waals surface area contributed by atoms with E-state index in [1.807, 2.05) is 17.9 Å². The highest BCUT2D eigenvalue weighted by molar-refractivity contribution is 5.04. The van der Waals surface area contributed by atoms with Crippen molar-refractivity contribution in [1.82, 2.24) is 20.0 Å². The molecule has 1 aliphatic rings. The van der Waals surface area contributed by atoms with Gasteiger partial charge in [0.1, 0.15) is 0 Å². The number of aromatic nitrogens is 2. The summed E-state index contributed by atoms with van der Waals surface area (Å²) in [5.41, 5.74) is 1.32. The summed E-state index contributed by atoms with van der Waals surface area (Å²) >= 11 is 0. The zero-order valence-corrected chi connectivity index (χ0v) is 10.3. The van der Waals surface area contributed by atoms with Gasteiger partial charge in [-0.1, -0.05) is 6.92 Å². The molecule has 4 nitrogen and oxygen atoms in total. The van der Waals surface area contributed by atoms with Crippen molar-refractivity contribution in [1.29, 1.82) is 0 Å². The van der Waals surface area contributed by atoms with Gasteiger partial charge >= 0.3 is 0 Å². The van der Waals surface area contributed by atoms with Crippen molar-refractivity contribution in [3.8, 4) is 0 Å². The third-order valence-electron chi connectivity index (χ3n) is 3.12. The summed E-state index contributed by atoms with van der Waals surface area (Å²) < 4.78 is 1.87. The molecule has 0 amide bonds. The Labute approximate surface area is 97.6 Å². The monoisotopic (exact) mass is 222 g/mol. The largest absolute Gasteiger partial charge is 0.313 e. The maximum Gasteiger partial charge on any atom is 0.0534 e. The fourth-order valence-electron chi connectivity index (χ4n) is 2.30. The molecule has 0 aromatic carbocycles. The second-order valence-electron chi connectivity index (χ2n) is 4.70. The second kappa shape index (κ2) is 5.46. The summed E-state index contributed by atoms with van der Waals surface area (Å²) in [6.45, 7) is 6.78. The number of hydrogen-bond donors (Lipinski definition) is 1. The van der Waals surface area contributed by atoms with Gasteiger partial charge in [0.15, 0.2) is 0 Å². The maximum absolute atomic E-state index is 4.20. The zero-order chi connectivity index (χ0) is 11.4. The van der Waals surface area contributed by atoms with Gasteiger partial charge < -0.3 is 5.32 Å². The summed E-state index contributed by atoms with van der Waals surface area (Å²) in [6, 6.07) is 0.691. The minimum atomic E-state index is 0.691. The smallest absolute Gasteiger partial charge is 0.0534 e. The molecule has 1 unspecified atom stereocenters. The molecular weight excluding hydrogens is 200 g/mol. The van der Waals surface area contributed by atoms with Crippen LogP contribution in [0.4, 0.5) is 0 Å². The summed E-state index contributed by atoms with van der Waals surface area (Å²) in [4.78, 5) is 2.50. The van der Waals surface area contributed by atoms with Crippen molar-refractivity contribution in [3.05, 3.63) is 18.0 Å². The van der Waals surface area contributed by atoms with E-state index in [9.17, 15) is 0 Å². The molecular formula is C12H22N4. The van der Waals surface area contributed by atoms with Crippen molar-refractivity contribution in [2.24, 2.45) is 7.05 Å². The van der Waals surface area contributed by atoms with Crippen LogP contribution in [0.1, 0.15) is 25.3 Å². The summed E-state index contributed by atoms with van der Waals surface area (Å²) in [5.74, 6) is 0. The van der Waals surface area contributed by atoms with Gasteiger partial charge in [0, 0.05) is 44.5 Å². The Morgan fingerprint density at radius 2 is 2.44 bits per heavy atom. The van der Waals surface area contributed by atoms with Gasteiger partial charge in [-0.15, -0.1) is 0 Å². The van der Waals surface area contributed by atoms with E-state index in [1.165, 1.54) is 31.5 Å². The molecule has 4 heteroatoms. The highest BCUT2D eigenvalue weighted by Crippen LogP contribution is 2.12. The molecule has 2 rings (SSSR count). The van der Waals surface area contributed by atoms with Crippen molar-refractivity contribution in [2.75, 3.05) is 19.6 Å². The van der Waals surface area contributed by atoms with Crippen LogP contribution < -0.4 is 5.32 Å². The molecule has 2 heterocycles. The Bertz CT molecular complexity index is 321. The quantitative estimate of drug-likeness (QED) is 0.806. The van der Waals surface area contributed by atoms with Crippen LogP contribution in [0.2, 0.25) is 0 Å². The zero-order valence-electron chi connectivity index (χ0n) is 10.3. The molecule has 1 N–H and O–H groups in total. The van der Waals surface area contributed by atoms with Gasteiger partial charge in [-0.25, -0.2) is 0 Å². The van der Waals surface area contributed by atoms with Gasteiger partial charge in [0.2, 0.25) is 0 Å². The summed E-state index contributed by atoms with van der Waals surface area (Å²) in [5, 5.41) is 7.79. The van der Waals surface area contributed by atoms with Crippen molar-refractivity contribution >= 4 is 0 Å². The second-order valence-corrected chi connectivity index (χ2v) is 4.70. The average molecular weight is 222 g/mol. The lowest BCUT2D eigenvalue weighted by atomic mass is 10.2. The number of rotatable bonds is 5. The number of aryl methyl sites for hydroxylation is 1. The molecule has 16 heavy (non-hydrogen) atoms. The van der Waals surface area contributed by atoms with Gasteiger partial charge in [0.05, 0.1) is 6.20 Å². The van der Waals surface area contributed by atoms with Crippen LogP contribution in [-0.2, 0) is 13.6 Å². The van der Waals surface area contributed by atoms with E-state index < -0.39 is 0 Å². The molecule has 0 radical (unpaired) electrons. The lowest BCUT2D eigenvalue weighted by molar-refractivity contribution is 0.320. The van der Waals surface area contributed by atoms with Crippen molar-refractivity contribution in [2.45, 2.75) is 32.4 Å². The van der Waals surface area contributed by atoms with Crippen LogP contribution in [0.25, 0.3) is 0 Å². The molecule has 1 saturated heterocycles. The molecule has 1 aromatic rings. The average Bonchev–Trinajstić information content (AvgIpc) is 2.86. The third-order valence-corrected chi connectivity index (χ3v) is 3.12. The Morgan fingerprint density at radius 3 is 3.12 bits per heavy atom. The van der Waals surface area contributed by atoms with E-state index in [0.717, 1.165) is 13.1 Å². The van der Waals surface area contributed by atoms with Gasteiger partial charge in [-0.05, 0) is 19.4 Å². The van der Waals surface area contributed by atoms with Crippen LogP contribution in [-0.4, -0.2) is 40.4 Å². The molecule has 1 aromatic heterocycles. The van der Waals surface area contributed by atoms with Gasteiger partial charge in [-0.2, -0.15) is 5.10 Å². The SMILES string of the molecule is CCCNC1CCN(Cc2cnn(C)c2)C1. The fourth-order valence-corrected chi connectivity index (χ4v) is 2.30. The molecule has 1 aliphatic heterocycles. The predicted molar refractivity (Wildman–Crippen MR) is 65.2 cm³/mol. The topological polar surface area (TPSA) is 33.1 Å². The van der Waals surface area contributed by atoms with Crippen LogP contribution >= 0.6 is 0 Å². The third kappa shape index (κ3) is 3.06. The minimum Gasteiger partial charge on any atom is -0.313 e. The first kappa shape index (κ1) is 11.6. The molecule has 1 atom stereocenters. The van der Waals surface area contributed by atoms with Gasteiger partial charge in [-0.3, -0.25) is 9.58 Å². The first-order valence-electron chi connectivity index (χ1n) is 6.21. The first-order valence-corrected chi connectivity index (χ1v) is 6.21. The maximum atomic E-state index is 4.20. The van der Waals surface area contributed by atoms with E-state index in [0.29, 0.717) is 6.04 Å². The van der Waals surface area contributed by atoms with Crippen LogP contribution in [0.5, 0.6) is 0 Å². The molecule has 1 fully saturated rings. The predicted octanol–water partition coefficient (Wildman–Crippen LogP) is 0.994. The number of likely N-dealkylation sites (tertiary alicyclic amines) is 1. The highest BCUT2D eigenvalue weighted by atomic mass is 15.2. The van der Waals surface area contributed by atoms with Crippen LogP contribution in [0, 0.1) is 0 Å². The van der Waals surface area contributed by atoms with Gasteiger partial charge in [0.25, 0.3) is 0 Å². The number of nitrogens with one attached hydrogen (secondary N) is 1. The van der Waals surface area contributed by atoms with Crippen LogP contribution in [0.15, 0.2) is 12.4 Å². The van der Waals surface area contributed by atoms with Crippen molar-refractivity contribution < 1.29 is 0 Å². The lowest BCUT2D eigenvalue weighted by Gasteiger charge is -2.15. The first-order chi connectivity index (χ1) is 7.78. The normalized spacial score (nSPS) is 21.8. The van der Waals surface area contributed by atoms with E-state index in [1.54, 1.807) is 0 Å². The molecule has 0 saturated carbocycles. The van der Waals surface area contributed by atoms with Crippen LogP contribution in [0.3, 0.4) is 0 Å². The lowest BCUT2D eigenvalue weighted by Crippen LogP contribution is -2.32. The highest BCUT2D eigenvalue weighted by Gasteiger charge is 2.21. The Kier molecular flexibility index (Phi) is 3.96. The fraction of sp³-hybridized carbons (Fsp3) is 0.750. The molecule has 0 aliphatic carbocycles. The Morgan fingerprint density at radius 1 is 1.56 bits per heavy atom. The standard InChI is InChI=1S/C12H22N4/c1-3-5-13-12-4-6-16(10-12)9-11-7-14-15(2)8-11/h7-8,12-13H,3-6,9-10H2,1-2H3. The van der Waals surface area contributed by atoms with Crippen molar-refractivity contribution in [3.63, 3.8) is 0 Å². The molecule has 0 bridgehead atoms. The number of nitrogens with zero attached hydrogens (tertiary/aromatic N) is 3. The molecule has 0 spiro atoms.